The molecule has 0 aliphatic carbocycles. The molecule has 2 heterocycles. The molecule has 0 bridgehead atoms. The van der Waals surface area contributed by atoms with Gasteiger partial charge in [-0.05, 0) is 68.3 Å². The van der Waals surface area contributed by atoms with Gasteiger partial charge in [-0.1, -0.05) is 29.8 Å². The second kappa shape index (κ2) is 9.97. The number of amides is 1. The van der Waals surface area contributed by atoms with Gasteiger partial charge in [0, 0.05) is 41.6 Å². The summed E-state index contributed by atoms with van der Waals surface area (Å²) in [7, 11) is 0. The Labute approximate surface area is 203 Å². The van der Waals surface area contributed by atoms with Crippen LogP contribution in [0, 0.1) is 12.7 Å². The number of nitrogens with one attached hydrogen (secondary N) is 1. The van der Waals surface area contributed by atoms with E-state index in [2.05, 4.69) is 10.3 Å². The summed E-state index contributed by atoms with van der Waals surface area (Å²) < 4.78 is 13.6. The van der Waals surface area contributed by atoms with E-state index in [-0.39, 0.29) is 11.7 Å². The molecule has 0 radical (unpaired) electrons. The van der Waals surface area contributed by atoms with Crippen molar-refractivity contribution >= 4 is 22.7 Å². The number of nitrogens with zero attached hydrogens (tertiary/aromatic N) is 3. The number of benzene rings is 3. The number of hydrogen-bond acceptors (Lipinski definition) is 4. The standard InChI is InChI=1S/C29H25FN4O/c1-19-5-2-6-21(17-19)28-27(20-9-12-23(30)13-10-20)33-25-14-11-22(18-26(25)34-28)29(35)32-16-4-8-24-7-3-15-31-24/h2-3,5-6,9-15,17-18H,4,7-8,16H2,1H3,(H,32,35). The van der Waals surface area contributed by atoms with Crippen molar-refractivity contribution in [3.63, 3.8) is 0 Å². The van der Waals surface area contributed by atoms with Gasteiger partial charge in [0.2, 0.25) is 0 Å². The van der Waals surface area contributed by atoms with Crippen LogP contribution in [-0.2, 0) is 0 Å². The first kappa shape index (κ1) is 22.6. The van der Waals surface area contributed by atoms with Gasteiger partial charge in [0.25, 0.3) is 5.91 Å². The van der Waals surface area contributed by atoms with Gasteiger partial charge in [-0.25, -0.2) is 14.4 Å². The lowest BCUT2D eigenvalue weighted by Crippen LogP contribution is -2.24. The summed E-state index contributed by atoms with van der Waals surface area (Å²) in [5.41, 5.74) is 7.15. The Morgan fingerprint density at radius 2 is 1.74 bits per heavy atom. The average molecular weight is 465 g/mol. The molecule has 0 fully saturated rings. The summed E-state index contributed by atoms with van der Waals surface area (Å²) in [6, 6.07) is 19.6. The number of aromatic nitrogens is 2. The maximum atomic E-state index is 13.6. The van der Waals surface area contributed by atoms with Crippen molar-refractivity contribution in [3.8, 4) is 22.5 Å². The van der Waals surface area contributed by atoms with Crippen LogP contribution in [0.1, 0.15) is 35.2 Å². The second-order valence-electron chi connectivity index (χ2n) is 8.64. The normalized spacial score (nSPS) is 12.7. The fourth-order valence-corrected chi connectivity index (χ4v) is 4.16. The molecule has 1 aliphatic rings. The third-order valence-electron chi connectivity index (χ3n) is 5.98. The molecule has 0 saturated carbocycles. The number of rotatable bonds is 7. The van der Waals surface area contributed by atoms with Crippen LogP contribution in [0.5, 0.6) is 0 Å². The zero-order chi connectivity index (χ0) is 24.2. The van der Waals surface area contributed by atoms with Gasteiger partial charge >= 0.3 is 0 Å². The second-order valence-corrected chi connectivity index (χ2v) is 8.64. The summed E-state index contributed by atoms with van der Waals surface area (Å²) in [6.45, 7) is 2.60. The van der Waals surface area contributed by atoms with E-state index in [1.54, 1.807) is 24.3 Å². The van der Waals surface area contributed by atoms with Crippen molar-refractivity contribution in [2.24, 2.45) is 4.99 Å². The molecule has 1 amide bonds. The number of carbonyl (C=O) groups excluding carboxylic acids is 1. The summed E-state index contributed by atoms with van der Waals surface area (Å²) in [4.78, 5) is 26.9. The van der Waals surface area contributed by atoms with E-state index >= 15 is 0 Å². The lowest BCUT2D eigenvalue weighted by atomic mass is 10.0. The van der Waals surface area contributed by atoms with Crippen molar-refractivity contribution in [1.29, 1.82) is 0 Å². The van der Waals surface area contributed by atoms with Crippen LogP contribution in [0.25, 0.3) is 33.5 Å². The minimum atomic E-state index is -0.303. The number of halogens is 1. The maximum Gasteiger partial charge on any atom is 0.251 e. The molecule has 174 valence electrons. The first-order valence-electron chi connectivity index (χ1n) is 11.7. The Morgan fingerprint density at radius 1 is 0.943 bits per heavy atom. The predicted octanol–water partition coefficient (Wildman–Crippen LogP) is 6.28. The molecule has 1 aromatic heterocycles. The lowest BCUT2D eigenvalue weighted by Gasteiger charge is -2.12. The predicted molar refractivity (Wildman–Crippen MR) is 138 cm³/mol. The van der Waals surface area contributed by atoms with Crippen molar-refractivity contribution < 1.29 is 9.18 Å². The summed E-state index contributed by atoms with van der Waals surface area (Å²) in [6.07, 6.45) is 6.49. The highest BCUT2D eigenvalue weighted by atomic mass is 19.1. The van der Waals surface area contributed by atoms with Crippen LogP contribution >= 0.6 is 0 Å². The molecular weight excluding hydrogens is 439 g/mol. The average Bonchev–Trinajstić information content (AvgIpc) is 3.39. The molecule has 6 heteroatoms. The van der Waals surface area contributed by atoms with E-state index in [1.807, 2.05) is 49.5 Å². The molecule has 0 saturated heterocycles. The molecular formula is C29H25FN4O. The molecule has 0 spiro atoms. The summed E-state index contributed by atoms with van der Waals surface area (Å²) in [5, 5.41) is 2.99. The van der Waals surface area contributed by atoms with Crippen LogP contribution < -0.4 is 5.32 Å². The van der Waals surface area contributed by atoms with Crippen LogP contribution in [0.4, 0.5) is 4.39 Å². The summed E-state index contributed by atoms with van der Waals surface area (Å²) >= 11 is 0. The quantitative estimate of drug-likeness (QED) is 0.327. The Morgan fingerprint density at radius 3 is 2.51 bits per heavy atom. The molecule has 3 aromatic carbocycles. The number of carbonyl (C=O) groups is 1. The zero-order valence-electron chi connectivity index (χ0n) is 19.5. The van der Waals surface area contributed by atoms with Crippen LogP contribution in [0.3, 0.4) is 0 Å². The third-order valence-corrected chi connectivity index (χ3v) is 5.98. The van der Waals surface area contributed by atoms with Crippen molar-refractivity contribution in [2.45, 2.75) is 26.2 Å². The molecule has 4 aromatic rings. The molecule has 1 N–H and O–H groups in total. The van der Waals surface area contributed by atoms with Crippen molar-refractivity contribution in [1.82, 2.24) is 15.3 Å². The Balaban J connectivity index is 1.45. The molecule has 5 nitrogen and oxygen atoms in total. The van der Waals surface area contributed by atoms with Crippen LogP contribution in [-0.4, -0.2) is 28.1 Å². The Hall–Kier alpha value is -4.19. The van der Waals surface area contributed by atoms with Crippen LogP contribution in [0.15, 0.2) is 84.0 Å². The zero-order valence-corrected chi connectivity index (χ0v) is 19.5. The molecule has 5 rings (SSSR count). The van der Waals surface area contributed by atoms with Gasteiger partial charge in [0.15, 0.2) is 0 Å². The number of allylic oxidation sites excluding steroid dienone is 1. The number of fused-ring (bicyclic) bond motifs is 1. The molecule has 1 aliphatic heterocycles. The highest BCUT2D eigenvalue weighted by Gasteiger charge is 2.15. The van der Waals surface area contributed by atoms with Crippen molar-refractivity contribution in [2.75, 3.05) is 6.54 Å². The number of aliphatic imine (C=N–C) groups is 1. The highest BCUT2D eigenvalue weighted by Crippen LogP contribution is 2.31. The summed E-state index contributed by atoms with van der Waals surface area (Å²) in [5.74, 6) is -0.442. The van der Waals surface area contributed by atoms with E-state index in [4.69, 9.17) is 9.97 Å². The number of aryl methyl sites for hydroxylation is 1. The van der Waals surface area contributed by atoms with Gasteiger partial charge in [-0.3, -0.25) is 9.79 Å². The molecule has 0 unspecified atom stereocenters. The third kappa shape index (κ3) is 5.17. The topological polar surface area (TPSA) is 67.2 Å². The molecule has 0 atom stereocenters. The first-order valence-corrected chi connectivity index (χ1v) is 11.7. The fourth-order valence-electron chi connectivity index (χ4n) is 4.16. The number of hydrogen-bond donors (Lipinski definition) is 1. The Bertz CT molecular complexity index is 1460. The van der Waals surface area contributed by atoms with Crippen LogP contribution in [0.2, 0.25) is 0 Å². The lowest BCUT2D eigenvalue weighted by molar-refractivity contribution is 0.0953. The minimum absolute atomic E-state index is 0.139. The van der Waals surface area contributed by atoms with E-state index in [9.17, 15) is 9.18 Å². The smallest absolute Gasteiger partial charge is 0.251 e. The first-order chi connectivity index (χ1) is 17.1. The monoisotopic (exact) mass is 464 g/mol. The largest absolute Gasteiger partial charge is 0.352 e. The van der Waals surface area contributed by atoms with Gasteiger partial charge in [0.05, 0.1) is 22.4 Å². The fraction of sp³-hybridized carbons (Fsp3) is 0.172. The van der Waals surface area contributed by atoms with E-state index in [0.717, 1.165) is 41.7 Å². The minimum Gasteiger partial charge on any atom is -0.352 e. The van der Waals surface area contributed by atoms with E-state index in [1.165, 1.54) is 12.1 Å². The van der Waals surface area contributed by atoms with Gasteiger partial charge in [0.1, 0.15) is 5.82 Å². The highest BCUT2D eigenvalue weighted by molar-refractivity contribution is 5.98. The van der Waals surface area contributed by atoms with Gasteiger partial charge in [-0.2, -0.15) is 0 Å². The van der Waals surface area contributed by atoms with E-state index < -0.39 is 0 Å². The van der Waals surface area contributed by atoms with Gasteiger partial charge in [-0.15, -0.1) is 0 Å². The van der Waals surface area contributed by atoms with Crippen molar-refractivity contribution in [3.05, 3.63) is 96.0 Å². The maximum absolute atomic E-state index is 13.6. The van der Waals surface area contributed by atoms with E-state index in [0.29, 0.717) is 34.5 Å². The SMILES string of the molecule is Cc1cccc(-c2nc3cc(C(=O)NCCCC4=NC=CC4)ccc3nc2-c2ccc(F)cc2)c1. The molecule has 35 heavy (non-hydrogen) atoms. The Kier molecular flexibility index (Phi) is 6.44. The van der Waals surface area contributed by atoms with Gasteiger partial charge < -0.3 is 5.32 Å².